The van der Waals surface area contributed by atoms with Crippen molar-refractivity contribution in [3.63, 3.8) is 0 Å². The number of hydrogen-bond donors (Lipinski definition) is 2. The maximum atomic E-state index is 13.5. The van der Waals surface area contributed by atoms with Crippen LogP contribution in [0.25, 0.3) is 0 Å². The van der Waals surface area contributed by atoms with Crippen molar-refractivity contribution in [1.29, 1.82) is 0 Å². The first-order valence-corrected chi connectivity index (χ1v) is 5.69. The highest BCUT2D eigenvalue weighted by molar-refractivity contribution is 5.76. The van der Waals surface area contributed by atoms with Crippen molar-refractivity contribution in [2.75, 3.05) is 31.5 Å². The summed E-state index contributed by atoms with van der Waals surface area (Å²) in [6, 6.07) is 5.02. The van der Waals surface area contributed by atoms with E-state index in [0.29, 0.717) is 25.3 Å². The van der Waals surface area contributed by atoms with Crippen molar-refractivity contribution >= 4 is 11.7 Å². The average molecular weight is 237 g/mol. The molecule has 1 fully saturated rings. The molecule has 0 unspecified atom stereocenters. The van der Waals surface area contributed by atoms with E-state index < -0.39 is 0 Å². The van der Waals surface area contributed by atoms with Gasteiger partial charge >= 0.3 is 6.03 Å². The minimum absolute atomic E-state index is 0.0452. The van der Waals surface area contributed by atoms with E-state index in [4.69, 9.17) is 0 Å². The Morgan fingerprint density at radius 3 is 3.00 bits per heavy atom. The lowest BCUT2D eigenvalue weighted by Crippen LogP contribution is -2.32. The molecule has 2 amide bonds. The molecule has 1 aliphatic rings. The van der Waals surface area contributed by atoms with Gasteiger partial charge in [-0.2, -0.15) is 0 Å². The van der Waals surface area contributed by atoms with Gasteiger partial charge in [-0.15, -0.1) is 0 Å². The molecule has 2 N–H and O–H groups in total. The fraction of sp³-hybridized carbons (Fsp3) is 0.417. The topological polar surface area (TPSA) is 44.4 Å². The van der Waals surface area contributed by atoms with Crippen molar-refractivity contribution in [2.45, 2.75) is 6.92 Å². The molecule has 1 aromatic carbocycles. The van der Waals surface area contributed by atoms with Gasteiger partial charge in [0.2, 0.25) is 0 Å². The molecule has 1 saturated heterocycles. The summed E-state index contributed by atoms with van der Waals surface area (Å²) >= 11 is 0. The molecule has 0 bridgehead atoms. The van der Waals surface area contributed by atoms with Gasteiger partial charge in [-0.25, -0.2) is 9.18 Å². The third-order valence-corrected chi connectivity index (χ3v) is 2.77. The molecule has 0 spiro atoms. The van der Waals surface area contributed by atoms with E-state index >= 15 is 0 Å². The van der Waals surface area contributed by atoms with Gasteiger partial charge in [-0.1, -0.05) is 6.07 Å². The highest BCUT2D eigenvalue weighted by Crippen LogP contribution is 2.14. The molecule has 1 aliphatic heterocycles. The average Bonchev–Trinajstić information content (AvgIpc) is 2.68. The lowest BCUT2D eigenvalue weighted by atomic mass is 10.2. The van der Waals surface area contributed by atoms with Crippen LogP contribution in [0.1, 0.15) is 5.56 Å². The van der Waals surface area contributed by atoms with E-state index in [9.17, 15) is 9.18 Å². The molecule has 0 atom stereocenters. The minimum Gasteiger partial charge on any atom is -0.381 e. The normalized spacial score (nSPS) is 14.9. The molecule has 0 saturated carbocycles. The summed E-state index contributed by atoms with van der Waals surface area (Å²) in [7, 11) is 0. The minimum atomic E-state index is -0.254. The predicted molar refractivity (Wildman–Crippen MR) is 64.6 cm³/mol. The molecule has 92 valence electrons. The zero-order valence-corrected chi connectivity index (χ0v) is 9.79. The number of anilines is 1. The van der Waals surface area contributed by atoms with Gasteiger partial charge in [-0.05, 0) is 24.6 Å². The van der Waals surface area contributed by atoms with Crippen molar-refractivity contribution in [2.24, 2.45) is 0 Å². The Morgan fingerprint density at radius 1 is 1.53 bits per heavy atom. The predicted octanol–water partition coefficient (Wildman–Crippen LogP) is 1.57. The van der Waals surface area contributed by atoms with Crippen molar-refractivity contribution < 1.29 is 9.18 Å². The number of aryl methyl sites for hydroxylation is 1. The molecule has 5 heteroatoms. The Labute approximate surface area is 99.8 Å². The van der Waals surface area contributed by atoms with E-state index in [1.165, 1.54) is 6.07 Å². The van der Waals surface area contributed by atoms with Crippen LogP contribution in [0.2, 0.25) is 0 Å². The van der Waals surface area contributed by atoms with Crippen LogP contribution in [-0.4, -0.2) is 37.1 Å². The lowest BCUT2D eigenvalue weighted by Gasteiger charge is -2.15. The summed E-state index contributed by atoms with van der Waals surface area (Å²) in [5.74, 6) is -0.254. The van der Waals surface area contributed by atoms with Gasteiger partial charge in [0.05, 0.1) is 5.69 Å². The molecule has 1 heterocycles. The second-order valence-electron chi connectivity index (χ2n) is 4.13. The second-order valence-corrected chi connectivity index (χ2v) is 4.13. The monoisotopic (exact) mass is 237 g/mol. The number of nitrogens with zero attached hydrogens (tertiary/aromatic N) is 1. The zero-order valence-electron chi connectivity index (χ0n) is 9.79. The van der Waals surface area contributed by atoms with Crippen LogP contribution in [0.3, 0.4) is 0 Å². The maximum Gasteiger partial charge on any atom is 0.317 e. The van der Waals surface area contributed by atoms with E-state index in [1.807, 2.05) is 13.0 Å². The molecular weight excluding hydrogens is 221 g/mol. The first-order chi connectivity index (χ1) is 8.16. The van der Waals surface area contributed by atoms with Crippen LogP contribution < -0.4 is 10.6 Å². The largest absolute Gasteiger partial charge is 0.381 e. The number of nitrogens with one attached hydrogen (secondary N) is 2. The highest BCUT2D eigenvalue weighted by Gasteiger charge is 2.18. The number of carbonyl (C=O) groups excluding carboxylic acids is 1. The van der Waals surface area contributed by atoms with E-state index in [0.717, 1.165) is 12.1 Å². The Morgan fingerprint density at radius 2 is 2.35 bits per heavy atom. The van der Waals surface area contributed by atoms with Gasteiger partial charge in [0.1, 0.15) is 5.82 Å². The highest BCUT2D eigenvalue weighted by atomic mass is 19.1. The number of hydrogen-bond acceptors (Lipinski definition) is 2. The van der Waals surface area contributed by atoms with E-state index in [1.54, 1.807) is 11.0 Å². The zero-order chi connectivity index (χ0) is 12.3. The first-order valence-electron chi connectivity index (χ1n) is 5.69. The first kappa shape index (κ1) is 11.7. The third-order valence-electron chi connectivity index (χ3n) is 2.77. The Bertz CT molecular complexity index is 422. The smallest absolute Gasteiger partial charge is 0.317 e. The molecule has 1 aromatic rings. The van der Waals surface area contributed by atoms with E-state index in [-0.39, 0.29) is 11.8 Å². The summed E-state index contributed by atoms with van der Waals surface area (Å²) in [4.78, 5) is 12.9. The fourth-order valence-electron chi connectivity index (χ4n) is 1.81. The molecule has 0 radical (unpaired) electrons. The van der Waals surface area contributed by atoms with E-state index in [2.05, 4.69) is 10.6 Å². The second kappa shape index (κ2) is 5.03. The van der Waals surface area contributed by atoms with Crippen molar-refractivity contribution in [3.05, 3.63) is 29.6 Å². The van der Waals surface area contributed by atoms with Crippen LogP contribution in [0, 0.1) is 12.7 Å². The number of amides is 2. The van der Waals surface area contributed by atoms with Crippen LogP contribution in [0.4, 0.5) is 14.9 Å². The number of carbonyl (C=O) groups is 1. The van der Waals surface area contributed by atoms with Crippen LogP contribution in [-0.2, 0) is 0 Å². The van der Waals surface area contributed by atoms with Crippen molar-refractivity contribution in [3.8, 4) is 0 Å². The molecular formula is C12H16FN3O. The maximum absolute atomic E-state index is 13.5. The van der Waals surface area contributed by atoms with Crippen LogP contribution >= 0.6 is 0 Å². The Kier molecular flexibility index (Phi) is 3.46. The van der Waals surface area contributed by atoms with Crippen molar-refractivity contribution in [1.82, 2.24) is 10.2 Å². The quantitative estimate of drug-likeness (QED) is 0.835. The molecule has 17 heavy (non-hydrogen) atoms. The fourth-order valence-corrected chi connectivity index (χ4v) is 1.81. The molecule has 4 nitrogen and oxygen atoms in total. The Hall–Kier alpha value is -1.78. The van der Waals surface area contributed by atoms with Gasteiger partial charge < -0.3 is 15.5 Å². The third kappa shape index (κ3) is 2.87. The standard InChI is InChI=1S/C12H16FN3O/c1-9-2-3-11(10(13)8-9)14-4-6-16-7-5-15-12(16)17/h2-3,8,14H,4-7H2,1H3,(H,15,17). The number of halogens is 1. The molecule has 2 rings (SSSR count). The lowest BCUT2D eigenvalue weighted by molar-refractivity contribution is 0.219. The summed E-state index contributed by atoms with van der Waals surface area (Å²) in [6.45, 7) is 4.39. The van der Waals surface area contributed by atoms with Crippen LogP contribution in [0.15, 0.2) is 18.2 Å². The van der Waals surface area contributed by atoms with Gasteiger partial charge in [0.15, 0.2) is 0 Å². The number of rotatable bonds is 4. The molecule has 0 aliphatic carbocycles. The van der Waals surface area contributed by atoms with Gasteiger partial charge in [0, 0.05) is 26.2 Å². The van der Waals surface area contributed by atoms with Gasteiger partial charge in [0.25, 0.3) is 0 Å². The summed E-state index contributed by atoms with van der Waals surface area (Å²) in [6.07, 6.45) is 0. The van der Waals surface area contributed by atoms with Crippen LogP contribution in [0.5, 0.6) is 0 Å². The Balaban J connectivity index is 1.83. The molecule has 0 aromatic heterocycles. The number of benzene rings is 1. The summed E-state index contributed by atoms with van der Waals surface area (Å²) < 4.78 is 13.5. The summed E-state index contributed by atoms with van der Waals surface area (Å²) in [5, 5.41) is 5.71. The number of urea groups is 1. The SMILES string of the molecule is Cc1ccc(NCCN2CCNC2=O)c(F)c1. The summed E-state index contributed by atoms with van der Waals surface area (Å²) in [5.41, 5.74) is 1.38. The van der Waals surface area contributed by atoms with Gasteiger partial charge in [-0.3, -0.25) is 0 Å².